The molecule has 0 saturated carbocycles. The molecule has 0 fully saturated rings. The fraction of sp³-hybridized carbons (Fsp3) is 0.250. The molecule has 0 aliphatic heterocycles. The number of carbonyl (C=O) groups is 1. The second-order valence-electron chi connectivity index (χ2n) is 3.88. The molecule has 1 amide bonds. The van der Waals surface area contributed by atoms with E-state index in [1.807, 2.05) is 24.3 Å². The topological polar surface area (TPSA) is 85.8 Å². The number of rotatable bonds is 5. The predicted octanol–water partition coefficient (Wildman–Crippen LogP) is 0.614. The summed E-state index contributed by atoms with van der Waals surface area (Å²) in [7, 11) is 0. The molecule has 0 aliphatic carbocycles. The lowest BCUT2D eigenvalue weighted by molar-refractivity contribution is -0.116. The van der Waals surface area contributed by atoms with E-state index in [0.29, 0.717) is 19.5 Å². The van der Waals surface area contributed by atoms with Crippen LogP contribution in [0, 0.1) is 0 Å². The molecule has 1 aromatic carbocycles. The molecule has 0 spiro atoms. The number of benzene rings is 1. The average Bonchev–Trinajstić information content (AvgIpc) is 2.85. The van der Waals surface area contributed by atoms with Crippen LogP contribution < -0.4 is 11.1 Å². The first-order valence-corrected chi connectivity index (χ1v) is 5.69. The van der Waals surface area contributed by atoms with E-state index in [2.05, 4.69) is 15.4 Å². The van der Waals surface area contributed by atoms with Crippen molar-refractivity contribution in [1.29, 1.82) is 0 Å². The number of nitrogens with zero attached hydrogens (tertiary/aromatic N) is 3. The lowest BCUT2D eigenvalue weighted by Crippen LogP contribution is -2.16. The number of nitrogens with two attached hydrogens (primary N) is 1. The standard InChI is InChI=1S/C12H15N5O/c13-6-5-12(18)16-11-3-1-10(2-4-11)7-17-9-14-8-15-17/h1-4,8-9H,5-7,13H2,(H,16,18). The Kier molecular flexibility index (Phi) is 4.03. The molecule has 6 heteroatoms. The van der Waals surface area contributed by atoms with Gasteiger partial charge in [-0.25, -0.2) is 9.67 Å². The third-order valence-corrected chi connectivity index (χ3v) is 2.42. The molecule has 0 bridgehead atoms. The Bertz CT molecular complexity index is 492. The van der Waals surface area contributed by atoms with E-state index in [9.17, 15) is 4.79 Å². The average molecular weight is 245 g/mol. The van der Waals surface area contributed by atoms with Gasteiger partial charge in [0.05, 0.1) is 6.54 Å². The van der Waals surface area contributed by atoms with Gasteiger partial charge >= 0.3 is 0 Å². The van der Waals surface area contributed by atoms with E-state index in [-0.39, 0.29) is 5.91 Å². The van der Waals surface area contributed by atoms with Gasteiger partial charge in [0, 0.05) is 18.7 Å². The van der Waals surface area contributed by atoms with Crippen LogP contribution in [0.25, 0.3) is 0 Å². The number of nitrogens with one attached hydrogen (secondary N) is 1. The van der Waals surface area contributed by atoms with Crippen LogP contribution in [0.1, 0.15) is 12.0 Å². The lowest BCUT2D eigenvalue weighted by Gasteiger charge is -2.06. The molecule has 2 aromatic rings. The number of aromatic nitrogens is 3. The molecule has 94 valence electrons. The molecule has 3 N–H and O–H groups in total. The summed E-state index contributed by atoms with van der Waals surface area (Å²) < 4.78 is 1.74. The van der Waals surface area contributed by atoms with E-state index in [1.165, 1.54) is 6.33 Å². The zero-order chi connectivity index (χ0) is 12.8. The van der Waals surface area contributed by atoms with Crippen molar-refractivity contribution in [1.82, 2.24) is 14.8 Å². The monoisotopic (exact) mass is 245 g/mol. The highest BCUT2D eigenvalue weighted by Crippen LogP contribution is 2.10. The van der Waals surface area contributed by atoms with Crippen molar-refractivity contribution in [3.8, 4) is 0 Å². The Morgan fingerprint density at radius 3 is 2.72 bits per heavy atom. The minimum atomic E-state index is -0.0680. The van der Waals surface area contributed by atoms with Crippen molar-refractivity contribution in [2.75, 3.05) is 11.9 Å². The summed E-state index contributed by atoms with van der Waals surface area (Å²) in [6, 6.07) is 7.61. The minimum Gasteiger partial charge on any atom is -0.330 e. The van der Waals surface area contributed by atoms with Gasteiger partial charge in [0.25, 0.3) is 0 Å². The van der Waals surface area contributed by atoms with Gasteiger partial charge in [-0.3, -0.25) is 4.79 Å². The van der Waals surface area contributed by atoms with Crippen molar-refractivity contribution >= 4 is 11.6 Å². The number of hydrogen-bond donors (Lipinski definition) is 2. The van der Waals surface area contributed by atoms with Crippen LogP contribution in [0.2, 0.25) is 0 Å². The maximum absolute atomic E-state index is 11.3. The van der Waals surface area contributed by atoms with Crippen molar-refractivity contribution in [2.24, 2.45) is 5.73 Å². The summed E-state index contributed by atoms with van der Waals surface area (Å²) in [5, 5.41) is 6.80. The smallest absolute Gasteiger partial charge is 0.225 e. The SMILES string of the molecule is NCCC(=O)Nc1ccc(Cn2cncn2)cc1. The van der Waals surface area contributed by atoms with Crippen LogP contribution in [-0.4, -0.2) is 27.2 Å². The summed E-state index contributed by atoms with van der Waals surface area (Å²) in [6.45, 7) is 1.02. The summed E-state index contributed by atoms with van der Waals surface area (Å²) in [5.74, 6) is -0.0680. The first-order chi connectivity index (χ1) is 8.78. The van der Waals surface area contributed by atoms with E-state index in [4.69, 9.17) is 5.73 Å². The number of hydrogen-bond acceptors (Lipinski definition) is 4. The molecule has 1 aromatic heterocycles. The third kappa shape index (κ3) is 3.39. The molecule has 0 unspecified atom stereocenters. The third-order valence-electron chi connectivity index (χ3n) is 2.42. The van der Waals surface area contributed by atoms with E-state index in [1.54, 1.807) is 11.0 Å². The molecule has 2 rings (SSSR count). The van der Waals surface area contributed by atoms with Crippen molar-refractivity contribution in [2.45, 2.75) is 13.0 Å². The number of anilines is 1. The van der Waals surface area contributed by atoms with Gasteiger partial charge in [-0.05, 0) is 17.7 Å². The van der Waals surface area contributed by atoms with Crippen molar-refractivity contribution < 1.29 is 4.79 Å². The summed E-state index contributed by atoms with van der Waals surface area (Å²) in [6.07, 6.45) is 3.50. The summed E-state index contributed by atoms with van der Waals surface area (Å²) in [4.78, 5) is 15.2. The van der Waals surface area contributed by atoms with Crippen LogP contribution in [-0.2, 0) is 11.3 Å². The Balaban J connectivity index is 1.95. The van der Waals surface area contributed by atoms with Gasteiger partial charge in [-0.1, -0.05) is 12.1 Å². The van der Waals surface area contributed by atoms with Gasteiger partial charge in [0.1, 0.15) is 12.7 Å². The second-order valence-corrected chi connectivity index (χ2v) is 3.88. The number of amides is 1. The highest BCUT2D eigenvalue weighted by molar-refractivity contribution is 5.90. The van der Waals surface area contributed by atoms with Crippen molar-refractivity contribution in [3.63, 3.8) is 0 Å². The Morgan fingerprint density at radius 2 is 2.11 bits per heavy atom. The molecule has 0 radical (unpaired) electrons. The maximum atomic E-state index is 11.3. The first-order valence-electron chi connectivity index (χ1n) is 5.69. The van der Waals surface area contributed by atoms with Crippen LogP contribution in [0.3, 0.4) is 0 Å². The normalized spacial score (nSPS) is 10.3. The van der Waals surface area contributed by atoms with Crippen LogP contribution in [0.5, 0.6) is 0 Å². The quantitative estimate of drug-likeness (QED) is 0.808. The molecule has 6 nitrogen and oxygen atoms in total. The van der Waals surface area contributed by atoms with Gasteiger partial charge < -0.3 is 11.1 Å². The second kappa shape index (κ2) is 5.92. The van der Waals surface area contributed by atoms with E-state index < -0.39 is 0 Å². The highest BCUT2D eigenvalue weighted by Gasteiger charge is 2.01. The zero-order valence-electron chi connectivity index (χ0n) is 9.91. The molecule has 0 saturated heterocycles. The summed E-state index contributed by atoms with van der Waals surface area (Å²) >= 11 is 0. The highest BCUT2D eigenvalue weighted by atomic mass is 16.1. The molecule has 1 heterocycles. The number of carbonyl (C=O) groups excluding carboxylic acids is 1. The lowest BCUT2D eigenvalue weighted by atomic mass is 10.2. The van der Waals surface area contributed by atoms with E-state index in [0.717, 1.165) is 11.3 Å². The molecular weight excluding hydrogens is 230 g/mol. The Labute approximate surface area is 105 Å². The van der Waals surface area contributed by atoms with Gasteiger partial charge in [-0.15, -0.1) is 0 Å². The van der Waals surface area contributed by atoms with Gasteiger partial charge in [0.15, 0.2) is 0 Å². The zero-order valence-corrected chi connectivity index (χ0v) is 9.91. The van der Waals surface area contributed by atoms with Crippen LogP contribution >= 0.6 is 0 Å². The largest absolute Gasteiger partial charge is 0.330 e. The molecule has 0 atom stereocenters. The van der Waals surface area contributed by atoms with E-state index >= 15 is 0 Å². The first kappa shape index (κ1) is 12.3. The summed E-state index contributed by atoms with van der Waals surface area (Å²) in [5.41, 5.74) is 7.18. The fourth-order valence-corrected chi connectivity index (χ4v) is 1.55. The minimum absolute atomic E-state index is 0.0680. The molecule has 18 heavy (non-hydrogen) atoms. The molecular formula is C12H15N5O. The molecule has 0 aliphatic rings. The predicted molar refractivity (Wildman–Crippen MR) is 67.9 cm³/mol. The van der Waals surface area contributed by atoms with Gasteiger partial charge in [-0.2, -0.15) is 5.10 Å². The Morgan fingerprint density at radius 1 is 1.33 bits per heavy atom. The maximum Gasteiger partial charge on any atom is 0.225 e. The Hall–Kier alpha value is -2.21. The van der Waals surface area contributed by atoms with Crippen LogP contribution in [0.15, 0.2) is 36.9 Å². The van der Waals surface area contributed by atoms with Gasteiger partial charge in [0.2, 0.25) is 5.91 Å². The van der Waals surface area contributed by atoms with Crippen LogP contribution in [0.4, 0.5) is 5.69 Å². The fourth-order valence-electron chi connectivity index (χ4n) is 1.55. The van der Waals surface area contributed by atoms with Crippen molar-refractivity contribution in [3.05, 3.63) is 42.5 Å².